The van der Waals surface area contributed by atoms with Crippen molar-refractivity contribution in [3.05, 3.63) is 40.9 Å². The van der Waals surface area contributed by atoms with Crippen molar-refractivity contribution in [2.45, 2.75) is 6.54 Å². The number of rotatable bonds is 4. The lowest BCUT2D eigenvalue weighted by Gasteiger charge is -2.07. The number of nitrogens with zero attached hydrogens (tertiary/aromatic N) is 2. The van der Waals surface area contributed by atoms with Gasteiger partial charge in [0.2, 0.25) is 0 Å². The fourth-order valence-corrected chi connectivity index (χ4v) is 1.86. The van der Waals surface area contributed by atoms with E-state index in [2.05, 4.69) is 31.7 Å². The zero-order valence-corrected chi connectivity index (χ0v) is 11.9. The summed E-state index contributed by atoms with van der Waals surface area (Å²) in [6.07, 6.45) is 3.00. The second kappa shape index (κ2) is 6.49. The molecule has 106 valence electrons. The number of anilines is 2. The minimum Gasteiger partial charge on any atom is -0.394 e. The van der Waals surface area contributed by atoms with Crippen molar-refractivity contribution in [2.75, 3.05) is 17.2 Å². The summed E-state index contributed by atoms with van der Waals surface area (Å²) in [7, 11) is 0. The quantitative estimate of drug-likeness (QED) is 0.798. The number of amides is 2. The van der Waals surface area contributed by atoms with Crippen molar-refractivity contribution >= 4 is 33.3 Å². The molecule has 0 aliphatic heterocycles. The number of aliphatic hydroxyl groups excluding tert-OH is 1. The molecule has 0 aliphatic rings. The molecule has 0 spiro atoms. The highest BCUT2D eigenvalue weighted by molar-refractivity contribution is 9.10. The van der Waals surface area contributed by atoms with Gasteiger partial charge in [0.1, 0.15) is 5.82 Å². The summed E-state index contributed by atoms with van der Waals surface area (Å²) < 4.78 is 15.6. The molecular weight excluding hydrogens is 331 g/mol. The Balaban J connectivity index is 1.97. The lowest BCUT2D eigenvalue weighted by Crippen LogP contribution is -2.19. The van der Waals surface area contributed by atoms with Gasteiger partial charge in [-0.2, -0.15) is 5.10 Å². The summed E-state index contributed by atoms with van der Waals surface area (Å²) >= 11 is 3.13. The SMILES string of the molecule is O=C(Nc1cnn(CCO)c1)Nc1ccc(Br)cc1F. The van der Waals surface area contributed by atoms with Crippen molar-refractivity contribution in [3.8, 4) is 0 Å². The number of carbonyl (C=O) groups excluding carboxylic acids is 1. The van der Waals surface area contributed by atoms with Crippen LogP contribution < -0.4 is 10.6 Å². The number of benzene rings is 1. The van der Waals surface area contributed by atoms with E-state index >= 15 is 0 Å². The molecule has 0 saturated heterocycles. The highest BCUT2D eigenvalue weighted by atomic mass is 79.9. The maximum absolute atomic E-state index is 13.5. The normalized spacial score (nSPS) is 10.3. The number of hydrogen-bond acceptors (Lipinski definition) is 3. The molecule has 6 nitrogen and oxygen atoms in total. The number of aromatic nitrogens is 2. The summed E-state index contributed by atoms with van der Waals surface area (Å²) in [5.74, 6) is -0.537. The van der Waals surface area contributed by atoms with E-state index in [0.717, 1.165) is 0 Å². The monoisotopic (exact) mass is 342 g/mol. The van der Waals surface area contributed by atoms with Gasteiger partial charge in [0.15, 0.2) is 0 Å². The van der Waals surface area contributed by atoms with Gasteiger partial charge < -0.3 is 15.7 Å². The van der Waals surface area contributed by atoms with Gasteiger partial charge in [-0.15, -0.1) is 0 Å². The van der Waals surface area contributed by atoms with E-state index in [1.54, 1.807) is 12.3 Å². The number of halogens is 2. The molecule has 20 heavy (non-hydrogen) atoms. The van der Waals surface area contributed by atoms with Crippen LogP contribution in [-0.2, 0) is 6.54 Å². The van der Waals surface area contributed by atoms with Crippen LogP contribution in [0.4, 0.5) is 20.6 Å². The summed E-state index contributed by atoms with van der Waals surface area (Å²) in [4.78, 5) is 11.7. The molecule has 1 aromatic carbocycles. The molecule has 1 heterocycles. The maximum Gasteiger partial charge on any atom is 0.323 e. The molecule has 2 amide bonds. The number of urea groups is 1. The molecular formula is C12H12BrFN4O2. The van der Waals surface area contributed by atoms with Gasteiger partial charge in [-0.05, 0) is 18.2 Å². The minimum atomic E-state index is -0.574. The zero-order valence-electron chi connectivity index (χ0n) is 10.3. The standard InChI is InChI=1S/C12H12BrFN4O2/c13-8-1-2-11(10(14)5-8)17-12(20)16-9-6-15-18(7-9)3-4-19/h1-2,5-7,19H,3-4H2,(H2,16,17,20). The van der Waals surface area contributed by atoms with Gasteiger partial charge in [0, 0.05) is 10.7 Å². The third kappa shape index (κ3) is 3.78. The first-order chi connectivity index (χ1) is 9.58. The minimum absolute atomic E-state index is 0.0442. The smallest absolute Gasteiger partial charge is 0.323 e. The summed E-state index contributed by atoms with van der Waals surface area (Å²) in [6.45, 7) is 0.294. The van der Waals surface area contributed by atoms with Crippen molar-refractivity contribution in [3.63, 3.8) is 0 Å². The number of hydrogen-bond donors (Lipinski definition) is 3. The van der Waals surface area contributed by atoms with Gasteiger partial charge in [0.25, 0.3) is 0 Å². The molecule has 0 atom stereocenters. The van der Waals surface area contributed by atoms with Crippen LogP contribution in [0.2, 0.25) is 0 Å². The molecule has 0 fully saturated rings. The molecule has 0 aliphatic carbocycles. The van der Waals surface area contributed by atoms with Crippen molar-refractivity contribution in [1.29, 1.82) is 0 Å². The first-order valence-electron chi connectivity index (χ1n) is 5.75. The fourth-order valence-electron chi connectivity index (χ4n) is 1.53. The number of nitrogens with one attached hydrogen (secondary N) is 2. The Kier molecular flexibility index (Phi) is 4.70. The summed E-state index contributed by atoms with van der Waals surface area (Å²) in [6, 6.07) is 3.76. The van der Waals surface area contributed by atoms with Crippen LogP contribution >= 0.6 is 15.9 Å². The van der Waals surface area contributed by atoms with E-state index in [9.17, 15) is 9.18 Å². The largest absolute Gasteiger partial charge is 0.394 e. The van der Waals surface area contributed by atoms with E-state index in [1.807, 2.05) is 0 Å². The Hall–Kier alpha value is -1.93. The third-order valence-corrected chi connectivity index (χ3v) is 2.89. The van der Waals surface area contributed by atoms with Crippen molar-refractivity contribution in [1.82, 2.24) is 9.78 Å². The second-order valence-electron chi connectivity index (χ2n) is 3.92. The Morgan fingerprint density at radius 3 is 2.95 bits per heavy atom. The Morgan fingerprint density at radius 2 is 2.25 bits per heavy atom. The van der Waals surface area contributed by atoms with E-state index in [4.69, 9.17) is 5.11 Å². The average molecular weight is 343 g/mol. The predicted molar refractivity (Wildman–Crippen MR) is 76.1 cm³/mol. The lowest BCUT2D eigenvalue weighted by molar-refractivity contribution is 0.262. The number of aliphatic hydroxyl groups is 1. The number of carbonyl (C=O) groups is 1. The van der Waals surface area contributed by atoms with Crippen LogP contribution in [0, 0.1) is 5.82 Å². The maximum atomic E-state index is 13.5. The highest BCUT2D eigenvalue weighted by Gasteiger charge is 2.08. The average Bonchev–Trinajstić information content (AvgIpc) is 2.81. The molecule has 1 aromatic heterocycles. The molecule has 2 rings (SSSR count). The van der Waals surface area contributed by atoms with Gasteiger partial charge >= 0.3 is 6.03 Å². The first-order valence-corrected chi connectivity index (χ1v) is 6.54. The van der Waals surface area contributed by atoms with E-state index < -0.39 is 11.8 Å². The Bertz CT molecular complexity index is 617. The third-order valence-electron chi connectivity index (χ3n) is 2.40. The topological polar surface area (TPSA) is 79.2 Å². The molecule has 3 N–H and O–H groups in total. The van der Waals surface area contributed by atoms with Gasteiger partial charge in [0.05, 0.1) is 30.7 Å². The molecule has 2 aromatic rings. The zero-order chi connectivity index (χ0) is 14.5. The lowest BCUT2D eigenvalue weighted by atomic mass is 10.3. The molecule has 8 heteroatoms. The van der Waals surface area contributed by atoms with Crippen LogP contribution in [-0.4, -0.2) is 27.5 Å². The highest BCUT2D eigenvalue weighted by Crippen LogP contribution is 2.19. The summed E-state index contributed by atoms with van der Waals surface area (Å²) in [5.41, 5.74) is 0.530. The van der Waals surface area contributed by atoms with Crippen molar-refractivity contribution in [2.24, 2.45) is 0 Å². The van der Waals surface area contributed by atoms with Crippen LogP contribution in [0.1, 0.15) is 0 Å². The molecule has 0 bridgehead atoms. The second-order valence-corrected chi connectivity index (χ2v) is 4.83. The van der Waals surface area contributed by atoms with E-state index in [0.29, 0.717) is 16.7 Å². The van der Waals surface area contributed by atoms with Crippen LogP contribution in [0.5, 0.6) is 0 Å². The van der Waals surface area contributed by atoms with Gasteiger partial charge in [-0.1, -0.05) is 15.9 Å². The Morgan fingerprint density at radius 1 is 1.45 bits per heavy atom. The van der Waals surface area contributed by atoms with Gasteiger partial charge in [-0.3, -0.25) is 4.68 Å². The van der Waals surface area contributed by atoms with Crippen LogP contribution in [0.3, 0.4) is 0 Å². The fraction of sp³-hybridized carbons (Fsp3) is 0.167. The predicted octanol–water partition coefficient (Wildman–Crippen LogP) is 2.42. The summed E-state index contributed by atoms with van der Waals surface area (Å²) in [5, 5.41) is 17.6. The van der Waals surface area contributed by atoms with Crippen LogP contribution in [0.15, 0.2) is 35.1 Å². The van der Waals surface area contributed by atoms with E-state index in [-0.39, 0.29) is 12.3 Å². The Labute approximate surface area is 122 Å². The van der Waals surface area contributed by atoms with Crippen LogP contribution in [0.25, 0.3) is 0 Å². The molecule has 0 radical (unpaired) electrons. The van der Waals surface area contributed by atoms with Crippen molar-refractivity contribution < 1.29 is 14.3 Å². The first kappa shape index (κ1) is 14.5. The molecule has 0 unspecified atom stereocenters. The van der Waals surface area contributed by atoms with E-state index in [1.165, 1.54) is 23.0 Å². The van der Waals surface area contributed by atoms with Gasteiger partial charge in [-0.25, -0.2) is 9.18 Å². The molecule has 0 saturated carbocycles.